The zero-order valence-electron chi connectivity index (χ0n) is 14.8. The lowest BCUT2D eigenvalue weighted by Gasteiger charge is -2.44. The Morgan fingerprint density at radius 3 is 2.60 bits per heavy atom. The van der Waals surface area contributed by atoms with Crippen molar-refractivity contribution in [1.82, 2.24) is 9.80 Å². The Labute approximate surface area is 149 Å². The van der Waals surface area contributed by atoms with Gasteiger partial charge in [0.1, 0.15) is 0 Å². The first-order valence-electron chi connectivity index (χ1n) is 9.62. The number of piperidine rings is 1. The number of anilines is 1. The zero-order chi connectivity index (χ0) is 17.2. The Bertz CT molecular complexity index is 643. The molecule has 1 unspecified atom stereocenters. The van der Waals surface area contributed by atoms with Gasteiger partial charge in [-0.25, -0.2) is 0 Å². The fourth-order valence-electron chi connectivity index (χ4n) is 4.38. The van der Waals surface area contributed by atoms with Gasteiger partial charge in [0.15, 0.2) is 0 Å². The van der Waals surface area contributed by atoms with Crippen molar-refractivity contribution in [3.05, 3.63) is 29.8 Å². The molecule has 3 saturated heterocycles. The summed E-state index contributed by atoms with van der Waals surface area (Å²) in [4.78, 5) is 30.9. The van der Waals surface area contributed by atoms with E-state index in [1.807, 2.05) is 34.1 Å². The van der Waals surface area contributed by atoms with Crippen molar-refractivity contribution in [2.75, 3.05) is 37.6 Å². The topological polar surface area (TPSA) is 43.9 Å². The van der Waals surface area contributed by atoms with Crippen LogP contribution in [0.2, 0.25) is 0 Å². The summed E-state index contributed by atoms with van der Waals surface area (Å²) >= 11 is 0. The molecule has 3 fully saturated rings. The minimum absolute atomic E-state index is 0.203. The number of carbonyl (C=O) groups excluding carboxylic acids is 2. The number of hydrogen-bond donors (Lipinski definition) is 0. The molecular formula is C20H27N3O2. The van der Waals surface area contributed by atoms with E-state index in [1.54, 1.807) is 0 Å². The molecule has 1 aromatic carbocycles. The van der Waals surface area contributed by atoms with Gasteiger partial charge in [-0.3, -0.25) is 14.5 Å². The monoisotopic (exact) mass is 341 g/mol. The van der Waals surface area contributed by atoms with E-state index >= 15 is 0 Å². The van der Waals surface area contributed by atoms with Gasteiger partial charge in [0.2, 0.25) is 11.8 Å². The Kier molecular flexibility index (Phi) is 4.75. The lowest BCUT2D eigenvalue weighted by atomic mass is 9.99. The maximum atomic E-state index is 12.7. The first-order valence-corrected chi connectivity index (χ1v) is 9.62. The van der Waals surface area contributed by atoms with Gasteiger partial charge in [0.25, 0.3) is 0 Å². The van der Waals surface area contributed by atoms with E-state index in [0.717, 1.165) is 43.9 Å². The summed E-state index contributed by atoms with van der Waals surface area (Å²) in [6, 6.07) is 8.51. The number of benzene rings is 1. The van der Waals surface area contributed by atoms with Crippen LogP contribution in [0.15, 0.2) is 24.3 Å². The minimum atomic E-state index is 0.203. The van der Waals surface area contributed by atoms with Crippen LogP contribution in [-0.2, 0) is 16.0 Å². The molecule has 3 aliphatic rings. The Morgan fingerprint density at radius 2 is 1.84 bits per heavy atom. The lowest BCUT2D eigenvalue weighted by Crippen LogP contribution is -2.56. The van der Waals surface area contributed by atoms with Gasteiger partial charge in [-0.1, -0.05) is 18.6 Å². The molecule has 0 saturated carbocycles. The number of carbonyl (C=O) groups is 2. The molecular weight excluding hydrogens is 314 g/mol. The van der Waals surface area contributed by atoms with Gasteiger partial charge in [-0.05, 0) is 43.5 Å². The normalized spacial score (nSPS) is 24.5. The van der Waals surface area contributed by atoms with E-state index in [9.17, 15) is 9.59 Å². The third-order valence-electron chi connectivity index (χ3n) is 5.87. The molecule has 134 valence electrons. The average molecular weight is 341 g/mol. The summed E-state index contributed by atoms with van der Waals surface area (Å²) in [5.41, 5.74) is 1.99. The molecule has 25 heavy (non-hydrogen) atoms. The number of amides is 2. The third kappa shape index (κ3) is 3.56. The lowest BCUT2D eigenvalue weighted by molar-refractivity contribution is -0.134. The van der Waals surface area contributed by atoms with Crippen LogP contribution >= 0.6 is 0 Å². The number of nitrogens with zero attached hydrogens (tertiary/aromatic N) is 3. The summed E-state index contributed by atoms with van der Waals surface area (Å²) in [5, 5.41) is 0. The maximum absolute atomic E-state index is 12.7. The summed E-state index contributed by atoms with van der Waals surface area (Å²) < 4.78 is 0. The molecule has 0 aromatic heterocycles. The van der Waals surface area contributed by atoms with Crippen LogP contribution in [0.25, 0.3) is 0 Å². The van der Waals surface area contributed by atoms with E-state index in [2.05, 4.69) is 4.90 Å². The minimum Gasteiger partial charge on any atom is -0.340 e. The van der Waals surface area contributed by atoms with Crippen LogP contribution in [0.3, 0.4) is 0 Å². The highest BCUT2D eigenvalue weighted by Gasteiger charge is 2.30. The molecule has 0 N–H and O–H groups in total. The third-order valence-corrected chi connectivity index (χ3v) is 5.87. The van der Waals surface area contributed by atoms with E-state index in [-0.39, 0.29) is 11.8 Å². The summed E-state index contributed by atoms with van der Waals surface area (Å²) in [6.07, 6.45) is 5.86. The molecule has 1 atom stereocenters. The highest BCUT2D eigenvalue weighted by molar-refractivity contribution is 5.95. The SMILES string of the molecule is O=C(Cc1ccc(N2CCCC2=O)cc1)N1CCN2CCCCC2C1. The molecule has 5 nitrogen and oxygen atoms in total. The fraction of sp³-hybridized carbons (Fsp3) is 0.600. The predicted octanol–water partition coefficient (Wildman–Crippen LogP) is 2.05. The number of hydrogen-bond acceptors (Lipinski definition) is 3. The second-order valence-corrected chi connectivity index (χ2v) is 7.52. The van der Waals surface area contributed by atoms with Crippen LogP contribution in [0.5, 0.6) is 0 Å². The molecule has 5 heteroatoms. The summed E-state index contributed by atoms with van der Waals surface area (Å²) in [5.74, 6) is 0.435. The summed E-state index contributed by atoms with van der Waals surface area (Å²) in [7, 11) is 0. The molecule has 0 spiro atoms. The van der Waals surface area contributed by atoms with Gasteiger partial charge in [-0.2, -0.15) is 0 Å². The molecule has 3 aliphatic heterocycles. The van der Waals surface area contributed by atoms with Gasteiger partial charge in [0, 0.05) is 44.3 Å². The van der Waals surface area contributed by atoms with Crippen molar-refractivity contribution in [3.63, 3.8) is 0 Å². The Hall–Kier alpha value is -1.88. The molecule has 0 aliphatic carbocycles. The van der Waals surface area contributed by atoms with E-state index in [4.69, 9.17) is 0 Å². The second kappa shape index (κ2) is 7.16. The number of fused-ring (bicyclic) bond motifs is 1. The highest BCUT2D eigenvalue weighted by Crippen LogP contribution is 2.23. The van der Waals surface area contributed by atoms with Crippen molar-refractivity contribution in [1.29, 1.82) is 0 Å². The van der Waals surface area contributed by atoms with Crippen LogP contribution in [0.1, 0.15) is 37.7 Å². The van der Waals surface area contributed by atoms with E-state index in [1.165, 1.54) is 25.8 Å². The van der Waals surface area contributed by atoms with Gasteiger partial charge >= 0.3 is 0 Å². The molecule has 2 amide bonds. The van der Waals surface area contributed by atoms with Crippen molar-refractivity contribution in [2.24, 2.45) is 0 Å². The molecule has 1 aromatic rings. The first-order chi connectivity index (χ1) is 12.2. The Morgan fingerprint density at radius 1 is 1.00 bits per heavy atom. The number of rotatable bonds is 3. The highest BCUT2D eigenvalue weighted by atomic mass is 16.2. The van der Waals surface area contributed by atoms with Crippen molar-refractivity contribution in [3.8, 4) is 0 Å². The first kappa shape index (κ1) is 16.6. The Balaban J connectivity index is 1.35. The van der Waals surface area contributed by atoms with E-state index in [0.29, 0.717) is 18.9 Å². The summed E-state index contributed by atoms with van der Waals surface area (Å²) in [6.45, 7) is 4.77. The molecule has 4 rings (SSSR count). The largest absolute Gasteiger partial charge is 0.340 e. The van der Waals surface area contributed by atoms with Crippen LogP contribution < -0.4 is 4.90 Å². The molecule has 0 radical (unpaired) electrons. The van der Waals surface area contributed by atoms with Gasteiger partial charge in [0.05, 0.1) is 6.42 Å². The fourth-order valence-corrected chi connectivity index (χ4v) is 4.38. The maximum Gasteiger partial charge on any atom is 0.227 e. The van der Waals surface area contributed by atoms with Crippen molar-refractivity contribution in [2.45, 2.75) is 44.6 Å². The molecule has 3 heterocycles. The smallest absolute Gasteiger partial charge is 0.227 e. The number of piperazine rings is 1. The van der Waals surface area contributed by atoms with Crippen molar-refractivity contribution >= 4 is 17.5 Å². The van der Waals surface area contributed by atoms with Crippen LogP contribution in [0, 0.1) is 0 Å². The van der Waals surface area contributed by atoms with E-state index < -0.39 is 0 Å². The molecule has 0 bridgehead atoms. The average Bonchev–Trinajstić information content (AvgIpc) is 3.08. The van der Waals surface area contributed by atoms with Crippen LogP contribution in [-0.4, -0.2) is 60.4 Å². The van der Waals surface area contributed by atoms with Crippen molar-refractivity contribution < 1.29 is 9.59 Å². The predicted molar refractivity (Wildman–Crippen MR) is 97.5 cm³/mol. The standard InChI is InChI=1S/C20H27N3O2/c24-19-5-3-11-23(19)17-8-6-16(7-9-17)14-20(25)22-13-12-21-10-2-1-4-18(21)15-22/h6-9,18H,1-5,10-15H2. The second-order valence-electron chi connectivity index (χ2n) is 7.52. The van der Waals surface area contributed by atoms with Gasteiger partial charge in [-0.15, -0.1) is 0 Å². The van der Waals surface area contributed by atoms with Gasteiger partial charge < -0.3 is 9.80 Å². The van der Waals surface area contributed by atoms with Crippen LogP contribution in [0.4, 0.5) is 5.69 Å². The quantitative estimate of drug-likeness (QED) is 0.845. The zero-order valence-corrected chi connectivity index (χ0v) is 14.8.